The summed E-state index contributed by atoms with van der Waals surface area (Å²) in [6.07, 6.45) is -2.32. The Labute approximate surface area is 223 Å². The van der Waals surface area contributed by atoms with Crippen molar-refractivity contribution in [3.8, 4) is 0 Å². The quantitative estimate of drug-likeness (QED) is 0.254. The smallest absolute Gasteiger partial charge is 0.408 e. The standard InChI is InChI=1S/C25H28ClN5O7/c1-14(29-25(36)37-13-16-6-4-3-5-7-16)22(33)28-15(2)23(34)30-31(12-19(27)32)24(35)21-20(38-21)17-8-10-18(26)11-9-17/h3-11,14-15,20-21H,12-13H2,1-2H3,(H2,27,32)(H,28,33)(H,29,36)(H,30,34)/t14-,15-,20-,21+/m0/s1. The van der Waals surface area contributed by atoms with Crippen molar-refractivity contribution < 1.29 is 33.4 Å². The van der Waals surface area contributed by atoms with Crippen molar-refractivity contribution >= 4 is 41.3 Å². The number of hydrogen-bond acceptors (Lipinski definition) is 7. The van der Waals surface area contributed by atoms with E-state index in [4.69, 9.17) is 26.8 Å². The summed E-state index contributed by atoms with van der Waals surface area (Å²) in [6.45, 7) is 2.19. The van der Waals surface area contributed by atoms with Gasteiger partial charge in [0.25, 0.3) is 11.8 Å². The number of alkyl carbamates (subject to hydrolysis) is 1. The van der Waals surface area contributed by atoms with E-state index in [0.29, 0.717) is 10.6 Å². The molecule has 1 fully saturated rings. The lowest BCUT2D eigenvalue weighted by Crippen LogP contribution is -2.57. The average Bonchev–Trinajstić information content (AvgIpc) is 3.68. The van der Waals surface area contributed by atoms with E-state index in [-0.39, 0.29) is 6.61 Å². The van der Waals surface area contributed by atoms with Gasteiger partial charge >= 0.3 is 6.09 Å². The van der Waals surface area contributed by atoms with Crippen LogP contribution in [0.25, 0.3) is 0 Å². The molecule has 2 aromatic carbocycles. The highest BCUT2D eigenvalue weighted by Crippen LogP contribution is 2.39. The van der Waals surface area contributed by atoms with E-state index in [1.807, 2.05) is 6.07 Å². The number of primary amides is 1. The number of benzene rings is 2. The normalized spacial score (nSPS) is 17.3. The molecule has 0 saturated carbocycles. The first-order valence-corrected chi connectivity index (χ1v) is 12.0. The van der Waals surface area contributed by atoms with E-state index in [1.165, 1.54) is 13.8 Å². The van der Waals surface area contributed by atoms with E-state index in [0.717, 1.165) is 10.6 Å². The molecule has 3 rings (SSSR count). The minimum absolute atomic E-state index is 0.0210. The summed E-state index contributed by atoms with van der Waals surface area (Å²) in [5.74, 6) is -3.03. The predicted molar refractivity (Wildman–Crippen MR) is 135 cm³/mol. The highest BCUT2D eigenvalue weighted by Gasteiger charge is 2.48. The molecule has 4 atom stereocenters. The number of carbonyl (C=O) groups is 5. The van der Waals surface area contributed by atoms with E-state index >= 15 is 0 Å². The van der Waals surface area contributed by atoms with Crippen LogP contribution < -0.4 is 21.8 Å². The lowest BCUT2D eigenvalue weighted by molar-refractivity contribution is -0.145. The van der Waals surface area contributed by atoms with Crippen molar-refractivity contribution in [3.05, 3.63) is 70.7 Å². The first-order chi connectivity index (χ1) is 18.0. The number of hydrazine groups is 1. The van der Waals surface area contributed by atoms with Crippen LogP contribution in [0.3, 0.4) is 0 Å². The van der Waals surface area contributed by atoms with Gasteiger partial charge in [-0.25, -0.2) is 9.80 Å². The van der Waals surface area contributed by atoms with Gasteiger partial charge in [0.05, 0.1) is 0 Å². The SMILES string of the molecule is C[C@H](NC(=O)OCc1ccccc1)C(=O)N[C@@H](C)C(=O)NN(CC(N)=O)C(=O)[C@@H]1O[C@H]1c1ccc(Cl)cc1. The maximum atomic E-state index is 12.9. The molecule has 1 aliphatic rings. The summed E-state index contributed by atoms with van der Waals surface area (Å²) >= 11 is 5.88. The second-order valence-corrected chi connectivity index (χ2v) is 8.99. The monoisotopic (exact) mass is 545 g/mol. The second-order valence-electron chi connectivity index (χ2n) is 8.55. The summed E-state index contributed by atoms with van der Waals surface area (Å²) < 4.78 is 10.5. The molecule has 1 aliphatic heterocycles. The Hall–Kier alpha value is -4.16. The summed E-state index contributed by atoms with van der Waals surface area (Å²) in [5, 5.41) is 6.06. The lowest BCUT2D eigenvalue weighted by Gasteiger charge is -2.24. The van der Waals surface area contributed by atoms with Crippen molar-refractivity contribution in [3.63, 3.8) is 0 Å². The van der Waals surface area contributed by atoms with Crippen LogP contribution in [0.4, 0.5) is 4.79 Å². The fourth-order valence-electron chi connectivity index (χ4n) is 3.33. The van der Waals surface area contributed by atoms with Gasteiger partial charge in [-0.3, -0.25) is 24.6 Å². The molecule has 38 heavy (non-hydrogen) atoms. The van der Waals surface area contributed by atoms with Crippen LogP contribution in [0, 0.1) is 0 Å². The Morgan fingerprint density at radius 1 is 0.974 bits per heavy atom. The van der Waals surface area contributed by atoms with Crippen molar-refractivity contribution in [1.29, 1.82) is 0 Å². The molecule has 0 spiro atoms. The Morgan fingerprint density at radius 2 is 1.61 bits per heavy atom. The minimum Gasteiger partial charge on any atom is -0.445 e. The van der Waals surface area contributed by atoms with Crippen LogP contribution in [0.15, 0.2) is 54.6 Å². The number of amides is 5. The van der Waals surface area contributed by atoms with Crippen molar-refractivity contribution in [2.75, 3.05) is 6.54 Å². The van der Waals surface area contributed by atoms with E-state index in [2.05, 4.69) is 16.1 Å². The van der Waals surface area contributed by atoms with Crippen molar-refractivity contribution in [1.82, 2.24) is 21.1 Å². The average molecular weight is 546 g/mol. The number of epoxide rings is 1. The second kappa shape index (κ2) is 12.9. The Morgan fingerprint density at radius 3 is 2.24 bits per heavy atom. The summed E-state index contributed by atoms with van der Waals surface area (Å²) in [7, 11) is 0. The van der Waals surface area contributed by atoms with Crippen molar-refractivity contribution in [2.24, 2.45) is 5.73 Å². The molecule has 1 heterocycles. The summed E-state index contributed by atoms with van der Waals surface area (Å²) in [5.41, 5.74) is 8.99. The third-order valence-electron chi connectivity index (χ3n) is 5.45. The van der Waals surface area contributed by atoms with Crippen LogP contribution in [0.2, 0.25) is 5.02 Å². The largest absolute Gasteiger partial charge is 0.445 e. The number of nitrogens with zero attached hydrogens (tertiary/aromatic N) is 1. The van der Waals surface area contributed by atoms with Crippen molar-refractivity contribution in [2.45, 2.75) is 44.7 Å². The first kappa shape index (κ1) is 28.4. The molecule has 0 unspecified atom stereocenters. The molecule has 0 aliphatic carbocycles. The molecular weight excluding hydrogens is 518 g/mol. The highest BCUT2D eigenvalue weighted by molar-refractivity contribution is 6.30. The molecule has 202 valence electrons. The van der Waals surface area contributed by atoms with E-state index < -0.39 is 60.6 Å². The Bertz CT molecular complexity index is 1180. The molecule has 5 N–H and O–H groups in total. The number of rotatable bonds is 10. The zero-order valence-corrected chi connectivity index (χ0v) is 21.4. The summed E-state index contributed by atoms with van der Waals surface area (Å²) in [6, 6.07) is 13.5. The Kier molecular flexibility index (Phi) is 9.63. The Balaban J connectivity index is 1.49. The lowest BCUT2D eigenvalue weighted by atomic mass is 10.1. The zero-order chi connectivity index (χ0) is 27.8. The van der Waals surface area contributed by atoms with E-state index in [9.17, 15) is 24.0 Å². The van der Waals surface area contributed by atoms with Gasteiger partial charge in [0.15, 0.2) is 6.10 Å². The van der Waals surface area contributed by atoms with Crippen LogP contribution in [0.1, 0.15) is 31.1 Å². The van der Waals surface area contributed by atoms with Gasteiger partial charge in [-0.05, 0) is 37.1 Å². The molecule has 1 saturated heterocycles. The van der Waals surface area contributed by atoms with Gasteiger partial charge in [-0.1, -0.05) is 54.1 Å². The molecule has 5 amide bonds. The molecule has 0 radical (unpaired) electrons. The number of hydrogen-bond donors (Lipinski definition) is 4. The van der Waals surface area contributed by atoms with Gasteiger partial charge in [0.1, 0.15) is 31.3 Å². The number of ether oxygens (including phenoxy) is 2. The maximum absolute atomic E-state index is 12.9. The fourth-order valence-corrected chi connectivity index (χ4v) is 3.45. The van der Waals surface area contributed by atoms with Crippen LogP contribution in [0.5, 0.6) is 0 Å². The molecule has 0 aromatic heterocycles. The number of nitrogens with one attached hydrogen (secondary N) is 3. The molecule has 2 aromatic rings. The summed E-state index contributed by atoms with van der Waals surface area (Å²) in [4.78, 5) is 61.5. The first-order valence-electron chi connectivity index (χ1n) is 11.6. The van der Waals surface area contributed by atoms with Gasteiger partial charge in [0, 0.05) is 5.02 Å². The van der Waals surface area contributed by atoms with Gasteiger partial charge < -0.3 is 25.8 Å². The van der Waals surface area contributed by atoms with Crippen LogP contribution >= 0.6 is 11.6 Å². The minimum atomic E-state index is -1.14. The van der Waals surface area contributed by atoms with E-state index in [1.54, 1.807) is 48.5 Å². The predicted octanol–water partition coefficient (Wildman–Crippen LogP) is 0.945. The maximum Gasteiger partial charge on any atom is 0.408 e. The molecule has 12 nitrogen and oxygen atoms in total. The molecule has 0 bridgehead atoms. The topological polar surface area (TPSA) is 172 Å². The zero-order valence-electron chi connectivity index (χ0n) is 20.7. The van der Waals surface area contributed by atoms with Crippen LogP contribution in [-0.4, -0.2) is 59.5 Å². The molecular formula is C25H28ClN5O7. The van der Waals surface area contributed by atoms with Gasteiger partial charge in [-0.15, -0.1) is 0 Å². The van der Waals surface area contributed by atoms with Gasteiger partial charge in [-0.2, -0.15) is 0 Å². The molecule has 13 heteroatoms. The van der Waals surface area contributed by atoms with Gasteiger partial charge in [0.2, 0.25) is 11.8 Å². The number of nitrogens with two attached hydrogens (primary N) is 1. The fraction of sp³-hybridized carbons (Fsp3) is 0.320. The number of carbonyl (C=O) groups excluding carboxylic acids is 5. The van der Waals surface area contributed by atoms with Crippen LogP contribution in [-0.2, 0) is 35.3 Å². The highest BCUT2D eigenvalue weighted by atomic mass is 35.5. The third-order valence-corrected chi connectivity index (χ3v) is 5.70. The third kappa shape index (κ3) is 8.18. The number of halogens is 1.